The zero-order chi connectivity index (χ0) is 7.40. The van der Waals surface area contributed by atoms with Gasteiger partial charge in [-0.15, -0.1) is 0 Å². The standard InChI is InChI=1S/C4H10NO4P.K.H/c6-10(7)9-5-1-3-8-4-2-5;;/h10H,1-4H2,(H,6,7);;. The molecule has 0 spiro atoms. The first-order valence-corrected chi connectivity index (χ1v) is 4.29. The van der Waals surface area contributed by atoms with E-state index in [9.17, 15) is 4.57 Å². The molecule has 0 saturated carbocycles. The van der Waals surface area contributed by atoms with E-state index in [4.69, 9.17) is 9.63 Å². The van der Waals surface area contributed by atoms with Gasteiger partial charge in [-0.3, -0.25) is 4.57 Å². The Hall–Kier alpha value is 1.71. The summed E-state index contributed by atoms with van der Waals surface area (Å²) in [5, 5.41) is 1.45. The van der Waals surface area contributed by atoms with Crippen LogP contribution in [0.2, 0.25) is 0 Å². The van der Waals surface area contributed by atoms with E-state index in [1.54, 1.807) is 0 Å². The van der Waals surface area contributed by atoms with Gasteiger partial charge < -0.3 is 9.63 Å². The van der Waals surface area contributed by atoms with Gasteiger partial charge in [0.1, 0.15) is 0 Å². The summed E-state index contributed by atoms with van der Waals surface area (Å²) in [5.74, 6) is 0. The van der Waals surface area contributed by atoms with E-state index >= 15 is 0 Å². The number of rotatable bonds is 2. The minimum absolute atomic E-state index is 0. The van der Waals surface area contributed by atoms with Gasteiger partial charge in [0.15, 0.2) is 0 Å². The quantitative estimate of drug-likeness (QED) is 0.464. The van der Waals surface area contributed by atoms with E-state index in [-0.39, 0.29) is 51.4 Å². The molecule has 0 radical (unpaired) electrons. The predicted octanol–water partition coefficient (Wildman–Crippen LogP) is -1.02. The second-order valence-electron chi connectivity index (χ2n) is 1.90. The van der Waals surface area contributed by atoms with E-state index in [0.717, 1.165) is 0 Å². The van der Waals surface area contributed by atoms with Crippen LogP contribution in [0, 0.1) is 0 Å². The van der Waals surface area contributed by atoms with Crippen molar-refractivity contribution in [1.29, 1.82) is 0 Å². The van der Waals surface area contributed by atoms with Crippen LogP contribution in [0.4, 0.5) is 0 Å². The Bertz CT molecular complexity index is 129. The molecular formula is C4H11KNO4P. The molecule has 1 fully saturated rings. The van der Waals surface area contributed by atoms with Crippen molar-refractivity contribution >= 4 is 59.6 Å². The summed E-state index contributed by atoms with van der Waals surface area (Å²) in [5.41, 5.74) is 0. The van der Waals surface area contributed by atoms with Crippen LogP contribution < -0.4 is 0 Å². The van der Waals surface area contributed by atoms with Gasteiger partial charge in [0.2, 0.25) is 0 Å². The van der Waals surface area contributed by atoms with Crippen molar-refractivity contribution in [2.45, 2.75) is 0 Å². The zero-order valence-electron chi connectivity index (χ0n) is 5.45. The number of hydrogen-bond donors (Lipinski definition) is 1. The minimum atomic E-state index is -2.81. The molecule has 0 aliphatic carbocycles. The first-order valence-electron chi connectivity index (χ1n) is 3.02. The third kappa shape index (κ3) is 5.87. The van der Waals surface area contributed by atoms with E-state index in [1.807, 2.05) is 0 Å². The summed E-state index contributed by atoms with van der Waals surface area (Å²) in [6, 6.07) is 0. The van der Waals surface area contributed by atoms with Crippen molar-refractivity contribution in [3.05, 3.63) is 0 Å². The third-order valence-corrected chi connectivity index (χ3v) is 1.59. The van der Waals surface area contributed by atoms with Crippen LogP contribution in [0.25, 0.3) is 0 Å². The van der Waals surface area contributed by atoms with Crippen LogP contribution in [-0.4, -0.2) is 87.6 Å². The topological polar surface area (TPSA) is 59.0 Å². The van der Waals surface area contributed by atoms with Crippen LogP contribution in [0.1, 0.15) is 0 Å². The Morgan fingerprint density at radius 1 is 1.45 bits per heavy atom. The molecule has 1 aliphatic rings. The molecule has 1 aliphatic heterocycles. The average Bonchev–Trinajstić information content (AvgIpc) is 1.88. The molecule has 1 unspecified atom stereocenters. The van der Waals surface area contributed by atoms with Gasteiger partial charge in [-0.1, -0.05) is 0 Å². The molecule has 0 bridgehead atoms. The van der Waals surface area contributed by atoms with Crippen LogP contribution in [0.3, 0.4) is 0 Å². The molecule has 0 aromatic heterocycles. The Morgan fingerprint density at radius 3 is 2.45 bits per heavy atom. The number of ether oxygens (including phenoxy) is 1. The first kappa shape index (κ1) is 12.7. The summed E-state index contributed by atoms with van der Waals surface area (Å²) in [6.07, 6.45) is 0. The van der Waals surface area contributed by atoms with E-state index in [1.165, 1.54) is 5.06 Å². The van der Waals surface area contributed by atoms with Gasteiger partial charge in [-0.25, -0.2) is 4.62 Å². The second-order valence-corrected chi connectivity index (χ2v) is 2.61. The third-order valence-electron chi connectivity index (χ3n) is 1.18. The van der Waals surface area contributed by atoms with Crippen LogP contribution in [0.15, 0.2) is 0 Å². The fraction of sp³-hybridized carbons (Fsp3) is 1.00. The molecule has 7 heteroatoms. The Labute approximate surface area is 108 Å². The summed E-state index contributed by atoms with van der Waals surface area (Å²) in [7, 11) is -2.81. The monoisotopic (exact) mass is 207 g/mol. The first-order chi connectivity index (χ1) is 4.79. The van der Waals surface area contributed by atoms with E-state index in [0.29, 0.717) is 26.3 Å². The van der Waals surface area contributed by atoms with Crippen molar-refractivity contribution in [1.82, 2.24) is 5.06 Å². The molecule has 0 amide bonds. The van der Waals surface area contributed by atoms with E-state index < -0.39 is 8.25 Å². The molecule has 0 aromatic carbocycles. The fourth-order valence-corrected chi connectivity index (χ4v) is 1.15. The molecule has 1 atom stereocenters. The molecule has 1 saturated heterocycles. The summed E-state index contributed by atoms with van der Waals surface area (Å²) in [4.78, 5) is 8.35. The SMILES string of the molecule is O=[PH](O)ON1CCOCC1.[KH]. The fourth-order valence-electron chi connectivity index (χ4n) is 0.748. The molecule has 1 heterocycles. The normalized spacial score (nSPS) is 22.3. The maximum atomic E-state index is 10.1. The summed E-state index contributed by atoms with van der Waals surface area (Å²) >= 11 is 0. The van der Waals surface area contributed by atoms with Crippen molar-refractivity contribution in [3.8, 4) is 0 Å². The zero-order valence-corrected chi connectivity index (χ0v) is 6.45. The van der Waals surface area contributed by atoms with Crippen molar-refractivity contribution in [2.75, 3.05) is 26.3 Å². The van der Waals surface area contributed by atoms with Crippen LogP contribution in [-0.2, 0) is 13.9 Å². The maximum absolute atomic E-state index is 10.1. The van der Waals surface area contributed by atoms with Crippen LogP contribution in [0.5, 0.6) is 0 Å². The van der Waals surface area contributed by atoms with E-state index in [2.05, 4.69) is 4.62 Å². The van der Waals surface area contributed by atoms with Crippen molar-refractivity contribution in [3.63, 3.8) is 0 Å². The van der Waals surface area contributed by atoms with Gasteiger partial charge in [-0.2, -0.15) is 5.06 Å². The van der Waals surface area contributed by atoms with Gasteiger partial charge in [-0.05, 0) is 0 Å². The number of hydroxylamine groups is 2. The Kier molecular flexibility index (Phi) is 8.25. The molecule has 1 rings (SSSR count). The van der Waals surface area contributed by atoms with Crippen molar-refractivity contribution in [2.24, 2.45) is 0 Å². The Morgan fingerprint density at radius 2 is 2.00 bits per heavy atom. The van der Waals surface area contributed by atoms with Gasteiger partial charge in [0.05, 0.1) is 13.2 Å². The number of morpholine rings is 1. The summed E-state index contributed by atoms with van der Waals surface area (Å²) < 4.78 is 19.7. The molecule has 5 nitrogen and oxygen atoms in total. The van der Waals surface area contributed by atoms with Crippen molar-refractivity contribution < 1.29 is 18.8 Å². The van der Waals surface area contributed by atoms with Gasteiger partial charge in [0, 0.05) is 13.1 Å². The predicted molar refractivity (Wildman–Crippen MR) is 41.8 cm³/mol. The second kappa shape index (κ2) is 7.14. The molecule has 0 aromatic rings. The van der Waals surface area contributed by atoms with Crippen LogP contribution >= 0.6 is 8.25 Å². The molecular weight excluding hydrogens is 196 g/mol. The average molecular weight is 207 g/mol. The molecule has 1 N–H and O–H groups in total. The Balaban J connectivity index is 0.000001000. The number of nitrogens with zero attached hydrogens (tertiary/aromatic N) is 1. The van der Waals surface area contributed by atoms with Gasteiger partial charge >= 0.3 is 59.6 Å². The molecule has 62 valence electrons. The molecule has 11 heavy (non-hydrogen) atoms. The summed E-state index contributed by atoms with van der Waals surface area (Å²) in [6.45, 7) is 2.26. The number of hydrogen-bond acceptors (Lipinski definition) is 4. The van der Waals surface area contributed by atoms with Gasteiger partial charge in [0.25, 0.3) is 0 Å².